The molecule has 0 spiro atoms. The van der Waals surface area contributed by atoms with Gasteiger partial charge in [-0.15, -0.1) is 0 Å². The minimum Gasteiger partial charge on any atom is -0.493 e. The quantitative estimate of drug-likeness (QED) is 0.666. The Morgan fingerprint density at radius 2 is 1.61 bits per heavy atom. The Kier molecular flexibility index (Phi) is 7.59. The van der Waals surface area contributed by atoms with Crippen LogP contribution in [0.15, 0.2) is 42.5 Å². The molecule has 0 aliphatic heterocycles. The topological polar surface area (TPSA) is 84.9 Å². The molecule has 0 radical (unpaired) electrons. The predicted molar refractivity (Wildman–Crippen MR) is 123 cm³/mol. The molecule has 2 aromatic carbocycles. The van der Waals surface area contributed by atoms with Crippen molar-refractivity contribution in [2.45, 2.75) is 39.2 Å². The van der Waals surface area contributed by atoms with Gasteiger partial charge in [-0.3, -0.25) is 9.10 Å². The molecular formula is C23H32N2O5S. The number of nitrogens with zero attached hydrogens (tertiary/aromatic N) is 1. The number of nitrogens with one attached hydrogen (secondary N) is 1. The first-order valence-electron chi connectivity index (χ1n) is 9.96. The van der Waals surface area contributed by atoms with E-state index >= 15 is 0 Å². The average Bonchev–Trinajstić information content (AvgIpc) is 2.70. The molecule has 170 valence electrons. The lowest BCUT2D eigenvalue weighted by molar-refractivity contribution is -0.120. The van der Waals surface area contributed by atoms with Gasteiger partial charge in [0.15, 0.2) is 11.5 Å². The highest BCUT2D eigenvalue weighted by molar-refractivity contribution is 7.92. The van der Waals surface area contributed by atoms with E-state index in [-0.39, 0.29) is 18.0 Å². The van der Waals surface area contributed by atoms with Crippen LogP contribution in [0.25, 0.3) is 0 Å². The Morgan fingerprint density at radius 3 is 2.10 bits per heavy atom. The Labute approximate surface area is 185 Å². The van der Waals surface area contributed by atoms with E-state index in [1.165, 1.54) is 25.8 Å². The summed E-state index contributed by atoms with van der Waals surface area (Å²) >= 11 is 0. The highest BCUT2D eigenvalue weighted by atomic mass is 32.2. The predicted octanol–water partition coefficient (Wildman–Crippen LogP) is 3.64. The van der Waals surface area contributed by atoms with E-state index in [4.69, 9.17) is 9.47 Å². The van der Waals surface area contributed by atoms with Crippen molar-refractivity contribution in [1.29, 1.82) is 0 Å². The van der Waals surface area contributed by atoms with Crippen LogP contribution in [0.1, 0.15) is 44.9 Å². The monoisotopic (exact) mass is 448 g/mol. The fourth-order valence-electron chi connectivity index (χ4n) is 3.15. The van der Waals surface area contributed by atoms with Gasteiger partial charge in [-0.1, -0.05) is 45.0 Å². The van der Waals surface area contributed by atoms with E-state index in [0.29, 0.717) is 17.2 Å². The van der Waals surface area contributed by atoms with Gasteiger partial charge in [0.2, 0.25) is 15.9 Å². The Bertz CT molecular complexity index is 1010. The number of hydrogen-bond donors (Lipinski definition) is 1. The fourth-order valence-corrected chi connectivity index (χ4v) is 4.00. The summed E-state index contributed by atoms with van der Waals surface area (Å²) in [6.45, 7) is 7.94. The zero-order valence-electron chi connectivity index (χ0n) is 19.2. The zero-order chi connectivity index (χ0) is 23.4. The molecule has 0 aromatic heterocycles. The van der Waals surface area contributed by atoms with E-state index in [1.807, 2.05) is 31.2 Å². The summed E-state index contributed by atoms with van der Waals surface area (Å²) in [5, 5.41) is 2.88. The van der Waals surface area contributed by atoms with E-state index < -0.39 is 15.9 Å². The molecule has 0 bridgehead atoms. The molecule has 0 aliphatic carbocycles. The van der Waals surface area contributed by atoms with Crippen molar-refractivity contribution in [3.63, 3.8) is 0 Å². The first-order valence-corrected chi connectivity index (χ1v) is 11.8. The maximum Gasteiger partial charge on any atom is 0.241 e. The summed E-state index contributed by atoms with van der Waals surface area (Å²) in [6, 6.07) is 12.5. The summed E-state index contributed by atoms with van der Waals surface area (Å²) in [6.07, 6.45) is 1.06. The maximum atomic E-state index is 12.7. The van der Waals surface area contributed by atoms with Gasteiger partial charge in [0.1, 0.15) is 6.54 Å². The molecule has 1 unspecified atom stereocenters. The van der Waals surface area contributed by atoms with Crippen LogP contribution < -0.4 is 19.1 Å². The number of amides is 1. The first-order chi connectivity index (χ1) is 14.4. The second-order valence-electron chi connectivity index (χ2n) is 8.47. The first kappa shape index (κ1) is 24.5. The van der Waals surface area contributed by atoms with Crippen molar-refractivity contribution in [2.24, 2.45) is 0 Å². The van der Waals surface area contributed by atoms with Crippen molar-refractivity contribution in [3.8, 4) is 11.5 Å². The smallest absolute Gasteiger partial charge is 0.241 e. The van der Waals surface area contributed by atoms with Gasteiger partial charge in [-0.05, 0) is 35.6 Å². The van der Waals surface area contributed by atoms with Crippen molar-refractivity contribution < 1.29 is 22.7 Å². The summed E-state index contributed by atoms with van der Waals surface area (Å²) in [5.41, 5.74) is 2.50. The number of sulfonamides is 1. The summed E-state index contributed by atoms with van der Waals surface area (Å²) in [7, 11) is -0.745. The number of carbonyl (C=O) groups excluding carboxylic acids is 1. The number of hydrogen-bond acceptors (Lipinski definition) is 5. The molecular weight excluding hydrogens is 416 g/mol. The molecule has 1 N–H and O–H groups in total. The van der Waals surface area contributed by atoms with Gasteiger partial charge in [-0.2, -0.15) is 0 Å². The van der Waals surface area contributed by atoms with Crippen LogP contribution in [0, 0.1) is 0 Å². The lowest BCUT2D eigenvalue weighted by atomic mass is 9.86. The molecule has 0 saturated heterocycles. The largest absolute Gasteiger partial charge is 0.493 e. The van der Waals surface area contributed by atoms with Crippen LogP contribution in [0.5, 0.6) is 11.5 Å². The summed E-state index contributed by atoms with van der Waals surface area (Å²) < 4.78 is 36.3. The number of methoxy groups -OCH3 is 2. The molecule has 2 rings (SSSR count). The molecule has 8 heteroatoms. The standard InChI is InChI=1S/C23H32N2O5S/c1-16(17-8-10-18(11-9-17)23(2,3)4)24-22(26)15-25(31(7,27)28)19-12-13-20(29-5)21(14-19)30-6/h8-14,16H,15H2,1-7H3,(H,24,26). The molecule has 31 heavy (non-hydrogen) atoms. The highest BCUT2D eigenvalue weighted by Gasteiger charge is 2.23. The van der Waals surface area contributed by atoms with Crippen molar-refractivity contribution in [3.05, 3.63) is 53.6 Å². The minimum absolute atomic E-state index is 0.0421. The molecule has 0 saturated carbocycles. The molecule has 0 fully saturated rings. The molecule has 0 aliphatic rings. The van der Waals surface area contributed by atoms with E-state index in [1.54, 1.807) is 12.1 Å². The van der Waals surface area contributed by atoms with Crippen LogP contribution in [0.3, 0.4) is 0 Å². The molecule has 1 amide bonds. The van der Waals surface area contributed by atoms with Crippen LogP contribution >= 0.6 is 0 Å². The van der Waals surface area contributed by atoms with Crippen LogP contribution in [0.4, 0.5) is 5.69 Å². The van der Waals surface area contributed by atoms with E-state index in [0.717, 1.165) is 16.1 Å². The van der Waals surface area contributed by atoms with Gasteiger partial charge in [-0.25, -0.2) is 8.42 Å². The number of carbonyl (C=O) groups is 1. The molecule has 2 aromatic rings. The summed E-state index contributed by atoms with van der Waals surface area (Å²) in [5.74, 6) is 0.436. The van der Waals surface area contributed by atoms with Crippen molar-refractivity contribution in [1.82, 2.24) is 5.32 Å². The normalized spacial score (nSPS) is 12.7. The third-order valence-electron chi connectivity index (χ3n) is 5.00. The zero-order valence-corrected chi connectivity index (χ0v) is 20.0. The number of ether oxygens (including phenoxy) is 2. The molecule has 0 heterocycles. The van der Waals surface area contributed by atoms with Crippen LogP contribution in [-0.4, -0.2) is 41.3 Å². The van der Waals surface area contributed by atoms with Gasteiger partial charge >= 0.3 is 0 Å². The van der Waals surface area contributed by atoms with Gasteiger partial charge in [0.05, 0.1) is 32.2 Å². The molecule has 1 atom stereocenters. The number of anilines is 1. The highest BCUT2D eigenvalue weighted by Crippen LogP contribution is 2.32. The third-order valence-corrected chi connectivity index (χ3v) is 6.14. The van der Waals surface area contributed by atoms with Gasteiger partial charge < -0.3 is 14.8 Å². The van der Waals surface area contributed by atoms with Crippen molar-refractivity contribution >= 4 is 21.6 Å². The SMILES string of the molecule is COc1ccc(N(CC(=O)NC(C)c2ccc(C(C)(C)C)cc2)S(C)(=O)=O)cc1OC. The second kappa shape index (κ2) is 9.60. The average molecular weight is 449 g/mol. The van der Waals surface area contributed by atoms with Gasteiger partial charge in [0, 0.05) is 6.07 Å². The van der Waals surface area contributed by atoms with E-state index in [9.17, 15) is 13.2 Å². The van der Waals surface area contributed by atoms with E-state index in [2.05, 4.69) is 26.1 Å². The minimum atomic E-state index is -3.70. The Balaban J connectivity index is 2.18. The maximum absolute atomic E-state index is 12.7. The summed E-state index contributed by atoms with van der Waals surface area (Å²) in [4.78, 5) is 12.7. The fraction of sp³-hybridized carbons (Fsp3) is 0.435. The van der Waals surface area contributed by atoms with Crippen molar-refractivity contribution in [2.75, 3.05) is 31.3 Å². The third kappa shape index (κ3) is 6.37. The Morgan fingerprint density at radius 1 is 1.03 bits per heavy atom. The Hall–Kier alpha value is -2.74. The van der Waals surface area contributed by atoms with Crippen LogP contribution in [-0.2, 0) is 20.2 Å². The number of rotatable bonds is 8. The van der Waals surface area contributed by atoms with Gasteiger partial charge in [0.25, 0.3) is 0 Å². The lowest BCUT2D eigenvalue weighted by Crippen LogP contribution is -2.41. The molecule has 7 nitrogen and oxygen atoms in total. The number of benzene rings is 2. The lowest BCUT2D eigenvalue weighted by Gasteiger charge is -2.24. The van der Waals surface area contributed by atoms with Crippen LogP contribution in [0.2, 0.25) is 0 Å². The second-order valence-corrected chi connectivity index (χ2v) is 10.4.